The van der Waals surface area contributed by atoms with E-state index in [0.29, 0.717) is 29.2 Å². The number of aromatic nitrogens is 1. The van der Waals surface area contributed by atoms with E-state index in [1.165, 1.54) is 11.2 Å². The zero-order valence-electron chi connectivity index (χ0n) is 11.8. The van der Waals surface area contributed by atoms with Gasteiger partial charge in [-0.3, -0.25) is 4.79 Å². The van der Waals surface area contributed by atoms with Gasteiger partial charge in [0.15, 0.2) is 0 Å². The highest BCUT2D eigenvalue weighted by Gasteiger charge is 2.30. The third-order valence-corrected chi connectivity index (χ3v) is 3.92. The number of carbonyl (C=O) groups is 1. The Balaban J connectivity index is 1.88. The molecule has 3 rings (SSSR count). The third kappa shape index (κ3) is 2.99. The summed E-state index contributed by atoms with van der Waals surface area (Å²) < 4.78 is 4.97. The first-order valence-corrected chi connectivity index (χ1v) is 7.35. The minimum Gasteiger partial charge on any atom is -0.391 e. The van der Waals surface area contributed by atoms with Crippen molar-refractivity contribution in [2.45, 2.75) is 18.6 Å². The van der Waals surface area contributed by atoms with Gasteiger partial charge in [0, 0.05) is 29.7 Å². The molecule has 0 aliphatic carbocycles. The van der Waals surface area contributed by atoms with E-state index >= 15 is 0 Å². The van der Waals surface area contributed by atoms with Crippen LogP contribution in [0.2, 0.25) is 5.02 Å². The largest absolute Gasteiger partial charge is 0.391 e. The maximum Gasteiger partial charge on any atom is 0.259 e. The van der Waals surface area contributed by atoms with Crippen molar-refractivity contribution in [2.24, 2.45) is 5.73 Å². The van der Waals surface area contributed by atoms with Gasteiger partial charge < -0.3 is 20.3 Å². The zero-order valence-corrected chi connectivity index (χ0v) is 12.5. The molecule has 1 aromatic heterocycles. The maximum absolute atomic E-state index is 12.6. The molecule has 2 unspecified atom stereocenters. The van der Waals surface area contributed by atoms with Crippen molar-refractivity contribution in [3.63, 3.8) is 0 Å². The smallest absolute Gasteiger partial charge is 0.259 e. The average molecular weight is 322 g/mol. The van der Waals surface area contributed by atoms with Gasteiger partial charge in [-0.25, -0.2) is 0 Å². The van der Waals surface area contributed by atoms with E-state index in [2.05, 4.69) is 5.16 Å². The molecular formula is C15H16ClN3O3. The van der Waals surface area contributed by atoms with Gasteiger partial charge in [-0.2, -0.15) is 0 Å². The molecule has 1 aliphatic rings. The van der Waals surface area contributed by atoms with Crippen LogP contribution in [0.3, 0.4) is 0 Å². The Morgan fingerprint density at radius 2 is 2.09 bits per heavy atom. The molecule has 2 heterocycles. The predicted molar refractivity (Wildman–Crippen MR) is 81.5 cm³/mol. The third-order valence-electron chi connectivity index (χ3n) is 3.67. The van der Waals surface area contributed by atoms with E-state index in [0.717, 1.165) is 5.56 Å². The number of β-amino-alcohol motifs (C(OH)–C–C–N with tert-alkyl or cyclic N) is 1. The molecule has 2 aromatic rings. The summed E-state index contributed by atoms with van der Waals surface area (Å²) in [6.45, 7) is 0.666. The van der Waals surface area contributed by atoms with Crippen LogP contribution in [0.1, 0.15) is 16.8 Å². The lowest BCUT2D eigenvalue weighted by atomic mass is 10.0. The lowest BCUT2D eigenvalue weighted by Gasteiger charge is -2.33. The zero-order chi connectivity index (χ0) is 15.7. The summed E-state index contributed by atoms with van der Waals surface area (Å²) in [5.41, 5.74) is 7.41. The number of hydrogen-bond donors (Lipinski definition) is 2. The number of hydrogen-bond acceptors (Lipinski definition) is 5. The molecule has 116 valence electrons. The van der Waals surface area contributed by atoms with Crippen LogP contribution in [0.4, 0.5) is 0 Å². The molecule has 1 fully saturated rings. The first-order valence-electron chi connectivity index (χ1n) is 6.98. The Kier molecular flexibility index (Phi) is 4.15. The predicted octanol–water partition coefficient (Wildman–Crippen LogP) is 1.53. The van der Waals surface area contributed by atoms with Gasteiger partial charge in [0.05, 0.1) is 6.10 Å². The number of nitrogens with zero attached hydrogens (tertiary/aromatic N) is 2. The summed E-state index contributed by atoms with van der Waals surface area (Å²) in [7, 11) is 0. The lowest BCUT2D eigenvalue weighted by molar-refractivity contribution is 0.0423. The number of piperidine rings is 1. The van der Waals surface area contributed by atoms with Crippen molar-refractivity contribution in [3.8, 4) is 11.3 Å². The fourth-order valence-corrected chi connectivity index (χ4v) is 2.78. The Bertz CT molecular complexity index is 661. The molecule has 1 amide bonds. The van der Waals surface area contributed by atoms with Crippen molar-refractivity contribution in [2.75, 3.05) is 13.1 Å². The van der Waals surface area contributed by atoms with Crippen LogP contribution in [0.5, 0.6) is 0 Å². The van der Waals surface area contributed by atoms with Crippen LogP contribution in [0.15, 0.2) is 35.1 Å². The second-order valence-corrected chi connectivity index (χ2v) is 5.88. The number of amides is 1. The van der Waals surface area contributed by atoms with E-state index in [-0.39, 0.29) is 18.5 Å². The number of likely N-dealkylation sites (tertiary alicyclic amines) is 1. The number of benzene rings is 1. The van der Waals surface area contributed by atoms with Crippen LogP contribution in [-0.2, 0) is 0 Å². The minimum atomic E-state index is -0.605. The Labute approximate surface area is 132 Å². The number of rotatable bonds is 2. The first-order chi connectivity index (χ1) is 10.5. The lowest BCUT2D eigenvalue weighted by Crippen LogP contribution is -2.51. The average Bonchev–Trinajstić information content (AvgIpc) is 2.95. The number of aliphatic hydroxyl groups is 1. The molecule has 7 heteroatoms. The van der Waals surface area contributed by atoms with Gasteiger partial charge in [0.25, 0.3) is 5.91 Å². The molecule has 22 heavy (non-hydrogen) atoms. The monoisotopic (exact) mass is 321 g/mol. The van der Waals surface area contributed by atoms with Crippen LogP contribution in [0, 0.1) is 0 Å². The Morgan fingerprint density at radius 1 is 1.36 bits per heavy atom. The summed E-state index contributed by atoms with van der Waals surface area (Å²) in [5.74, 6) is -0.250. The summed E-state index contributed by atoms with van der Waals surface area (Å²) in [5, 5.41) is 14.3. The van der Waals surface area contributed by atoms with E-state index < -0.39 is 6.10 Å². The highest BCUT2D eigenvalue weighted by molar-refractivity contribution is 6.30. The molecule has 1 aromatic carbocycles. The summed E-state index contributed by atoms with van der Waals surface area (Å²) in [6.07, 6.45) is 1.21. The van der Waals surface area contributed by atoms with E-state index in [4.69, 9.17) is 21.9 Å². The number of carbonyl (C=O) groups excluding carboxylic acids is 1. The van der Waals surface area contributed by atoms with Gasteiger partial charge in [-0.05, 0) is 18.6 Å². The van der Waals surface area contributed by atoms with Crippen LogP contribution in [-0.4, -0.2) is 46.3 Å². The van der Waals surface area contributed by atoms with Crippen LogP contribution in [0.25, 0.3) is 11.3 Å². The van der Waals surface area contributed by atoms with Crippen molar-refractivity contribution in [3.05, 3.63) is 41.1 Å². The van der Waals surface area contributed by atoms with Crippen LogP contribution < -0.4 is 5.73 Å². The first kappa shape index (κ1) is 15.0. The summed E-state index contributed by atoms with van der Waals surface area (Å²) >= 11 is 5.87. The van der Waals surface area contributed by atoms with Gasteiger partial charge in [-0.15, -0.1) is 0 Å². The van der Waals surface area contributed by atoms with Gasteiger partial charge in [-0.1, -0.05) is 28.9 Å². The standard InChI is InChI=1S/C15H16ClN3O3/c16-10-3-1-9(2-4-10)14-13(8-22-18-14)15(21)19-6-11(17)5-12(20)7-19/h1-4,8,11-12,20H,5-7,17H2. The number of aliphatic hydroxyl groups excluding tert-OH is 1. The van der Waals surface area contributed by atoms with E-state index in [1.54, 1.807) is 24.3 Å². The molecule has 1 saturated heterocycles. The van der Waals surface area contributed by atoms with Gasteiger partial charge in [0.1, 0.15) is 17.5 Å². The van der Waals surface area contributed by atoms with Gasteiger partial charge in [0.2, 0.25) is 0 Å². The van der Waals surface area contributed by atoms with E-state index in [1.807, 2.05) is 0 Å². The molecule has 1 aliphatic heterocycles. The fraction of sp³-hybridized carbons (Fsp3) is 0.333. The molecule has 0 radical (unpaired) electrons. The van der Waals surface area contributed by atoms with Gasteiger partial charge >= 0.3 is 0 Å². The number of nitrogens with two attached hydrogens (primary N) is 1. The normalized spacial score (nSPS) is 21.9. The molecule has 0 saturated carbocycles. The van der Waals surface area contributed by atoms with Crippen LogP contribution >= 0.6 is 11.6 Å². The number of halogens is 1. The summed E-state index contributed by atoms with van der Waals surface area (Å²) in [6, 6.07) is 6.76. The molecular weight excluding hydrogens is 306 g/mol. The van der Waals surface area contributed by atoms with Crippen molar-refractivity contribution < 1.29 is 14.4 Å². The highest BCUT2D eigenvalue weighted by atomic mass is 35.5. The second kappa shape index (κ2) is 6.08. The Morgan fingerprint density at radius 3 is 2.77 bits per heavy atom. The minimum absolute atomic E-state index is 0.230. The molecule has 0 bridgehead atoms. The second-order valence-electron chi connectivity index (χ2n) is 5.44. The topological polar surface area (TPSA) is 92.6 Å². The quantitative estimate of drug-likeness (QED) is 0.875. The van der Waals surface area contributed by atoms with Crippen molar-refractivity contribution >= 4 is 17.5 Å². The fourth-order valence-electron chi connectivity index (χ4n) is 2.65. The SMILES string of the molecule is NC1CC(O)CN(C(=O)c2conc2-c2ccc(Cl)cc2)C1. The van der Waals surface area contributed by atoms with Crippen molar-refractivity contribution in [1.29, 1.82) is 0 Å². The molecule has 6 nitrogen and oxygen atoms in total. The maximum atomic E-state index is 12.6. The highest BCUT2D eigenvalue weighted by Crippen LogP contribution is 2.25. The summed E-state index contributed by atoms with van der Waals surface area (Å²) in [4.78, 5) is 14.2. The molecule has 0 spiro atoms. The van der Waals surface area contributed by atoms with E-state index in [9.17, 15) is 9.90 Å². The Hall–Kier alpha value is -1.89. The van der Waals surface area contributed by atoms with Crippen molar-refractivity contribution in [1.82, 2.24) is 10.1 Å². The molecule has 3 N–H and O–H groups in total. The molecule has 2 atom stereocenters.